The van der Waals surface area contributed by atoms with Crippen molar-refractivity contribution in [2.45, 2.75) is 33.2 Å². The van der Waals surface area contributed by atoms with E-state index in [0.29, 0.717) is 6.54 Å². The maximum atomic E-state index is 13.1. The minimum absolute atomic E-state index is 0.0535. The molecule has 0 aliphatic carbocycles. The lowest BCUT2D eigenvalue weighted by atomic mass is 9.98. The van der Waals surface area contributed by atoms with Crippen molar-refractivity contribution >= 4 is 17.3 Å². The number of nitriles is 1. The molecule has 0 heterocycles. The zero-order valence-corrected chi connectivity index (χ0v) is 18.2. The predicted octanol–water partition coefficient (Wildman–Crippen LogP) is 6.17. The van der Waals surface area contributed by atoms with Crippen LogP contribution >= 0.6 is 0 Å². The van der Waals surface area contributed by atoms with Crippen LogP contribution in [-0.4, -0.2) is 5.91 Å². The number of rotatable bonds is 7. The molecular weight excluding hydrogens is 382 g/mol. The molecule has 4 heteroatoms. The van der Waals surface area contributed by atoms with Gasteiger partial charge in [-0.1, -0.05) is 80.6 Å². The summed E-state index contributed by atoms with van der Waals surface area (Å²) >= 11 is 0. The van der Waals surface area contributed by atoms with Gasteiger partial charge in [0.2, 0.25) is 0 Å². The number of benzene rings is 3. The Morgan fingerprint density at radius 3 is 2.26 bits per heavy atom. The summed E-state index contributed by atoms with van der Waals surface area (Å²) in [6.07, 6.45) is 1.63. The third kappa shape index (κ3) is 5.61. The SMILES string of the molecule is Cc1cccc(C(C)C)c1NC(=O)/C(C#N)=C\N(Cc1ccccc1)c1ccccc1. The Balaban J connectivity index is 1.93. The number of carbonyl (C=O) groups excluding carboxylic acids is 1. The van der Waals surface area contributed by atoms with Crippen LogP contribution in [0.4, 0.5) is 11.4 Å². The molecule has 3 rings (SSSR count). The lowest BCUT2D eigenvalue weighted by Gasteiger charge is -2.22. The monoisotopic (exact) mass is 409 g/mol. The highest BCUT2D eigenvalue weighted by Crippen LogP contribution is 2.28. The molecule has 156 valence electrons. The van der Waals surface area contributed by atoms with Gasteiger partial charge in [-0.3, -0.25) is 4.79 Å². The minimum atomic E-state index is -0.410. The first-order valence-electron chi connectivity index (χ1n) is 10.4. The van der Waals surface area contributed by atoms with Crippen molar-refractivity contribution in [1.82, 2.24) is 0 Å². The number of anilines is 2. The van der Waals surface area contributed by atoms with E-state index in [-0.39, 0.29) is 11.5 Å². The van der Waals surface area contributed by atoms with E-state index in [0.717, 1.165) is 28.1 Å². The molecule has 0 radical (unpaired) electrons. The van der Waals surface area contributed by atoms with Gasteiger partial charge in [0.05, 0.1) is 0 Å². The van der Waals surface area contributed by atoms with E-state index < -0.39 is 5.91 Å². The van der Waals surface area contributed by atoms with Crippen molar-refractivity contribution in [3.8, 4) is 6.07 Å². The Morgan fingerprint density at radius 2 is 1.65 bits per heavy atom. The van der Waals surface area contributed by atoms with E-state index in [2.05, 4.69) is 25.2 Å². The smallest absolute Gasteiger partial charge is 0.267 e. The molecule has 0 saturated heterocycles. The van der Waals surface area contributed by atoms with E-state index in [1.807, 2.05) is 90.7 Å². The first-order chi connectivity index (χ1) is 15.0. The van der Waals surface area contributed by atoms with Crippen molar-refractivity contribution in [2.75, 3.05) is 10.2 Å². The van der Waals surface area contributed by atoms with Crippen molar-refractivity contribution < 1.29 is 4.79 Å². The van der Waals surface area contributed by atoms with Gasteiger partial charge in [-0.05, 0) is 41.7 Å². The van der Waals surface area contributed by atoms with Gasteiger partial charge in [0, 0.05) is 24.1 Å². The fourth-order valence-corrected chi connectivity index (χ4v) is 3.43. The number of carbonyl (C=O) groups is 1. The van der Waals surface area contributed by atoms with E-state index in [9.17, 15) is 10.1 Å². The van der Waals surface area contributed by atoms with Crippen LogP contribution in [0.1, 0.15) is 36.5 Å². The maximum Gasteiger partial charge on any atom is 0.267 e. The number of hydrogen-bond donors (Lipinski definition) is 1. The normalized spacial score (nSPS) is 11.1. The maximum absolute atomic E-state index is 13.1. The summed E-state index contributed by atoms with van der Waals surface area (Å²) in [5.74, 6) is -0.156. The van der Waals surface area contributed by atoms with E-state index >= 15 is 0 Å². The molecule has 1 amide bonds. The third-order valence-corrected chi connectivity index (χ3v) is 5.10. The third-order valence-electron chi connectivity index (χ3n) is 5.10. The summed E-state index contributed by atoms with van der Waals surface area (Å²) in [7, 11) is 0. The highest BCUT2D eigenvalue weighted by molar-refractivity contribution is 6.07. The molecule has 0 spiro atoms. The van der Waals surface area contributed by atoms with E-state index in [1.54, 1.807) is 6.20 Å². The molecule has 3 aromatic carbocycles. The van der Waals surface area contributed by atoms with Crippen molar-refractivity contribution in [3.05, 3.63) is 107 Å². The minimum Gasteiger partial charge on any atom is -0.342 e. The highest BCUT2D eigenvalue weighted by Gasteiger charge is 2.17. The molecule has 0 atom stereocenters. The van der Waals surface area contributed by atoms with Gasteiger partial charge < -0.3 is 10.2 Å². The van der Waals surface area contributed by atoms with E-state index in [1.165, 1.54) is 0 Å². The van der Waals surface area contributed by atoms with Crippen LogP contribution in [0.25, 0.3) is 0 Å². The number of aryl methyl sites for hydroxylation is 1. The molecule has 3 aromatic rings. The van der Waals surface area contributed by atoms with Crippen molar-refractivity contribution in [2.24, 2.45) is 0 Å². The van der Waals surface area contributed by atoms with Crippen molar-refractivity contribution in [1.29, 1.82) is 5.26 Å². The second-order valence-corrected chi connectivity index (χ2v) is 7.75. The molecule has 31 heavy (non-hydrogen) atoms. The average Bonchev–Trinajstić information content (AvgIpc) is 2.79. The molecule has 0 fully saturated rings. The average molecular weight is 410 g/mol. The molecule has 0 aliphatic heterocycles. The number of hydrogen-bond acceptors (Lipinski definition) is 3. The number of nitrogens with one attached hydrogen (secondary N) is 1. The summed E-state index contributed by atoms with van der Waals surface area (Å²) in [5, 5.41) is 12.8. The fourth-order valence-electron chi connectivity index (χ4n) is 3.43. The quantitative estimate of drug-likeness (QED) is 0.375. The Morgan fingerprint density at radius 1 is 1.00 bits per heavy atom. The fraction of sp³-hybridized carbons (Fsp3) is 0.185. The van der Waals surface area contributed by atoms with Gasteiger partial charge in [0.1, 0.15) is 11.6 Å². The number of para-hydroxylation sites is 2. The zero-order chi connectivity index (χ0) is 22.2. The molecule has 0 saturated carbocycles. The van der Waals surface area contributed by atoms with Gasteiger partial charge in [0.25, 0.3) is 5.91 Å². The van der Waals surface area contributed by atoms with Crippen LogP contribution in [0.15, 0.2) is 90.6 Å². The topological polar surface area (TPSA) is 56.1 Å². The van der Waals surface area contributed by atoms with Crippen LogP contribution < -0.4 is 10.2 Å². The van der Waals surface area contributed by atoms with Gasteiger partial charge >= 0.3 is 0 Å². The van der Waals surface area contributed by atoms with Crippen LogP contribution in [0.2, 0.25) is 0 Å². The first kappa shape index (κ1) is 21.9. The van der Waals surface area contributed by atoms with Crippen LogP contribution in [0.3, 0.4) is 0 Å². The van der Waals surface area contributed by atoms with Gasteiger partial charge in [0.15, 0.2) is 0 Å². The lowest BCUT2D eigenvalue weighted by molar-refractivity contribution is -0.112. The van der Waals surface area contributed by atoms with E-state index in [4.69, 9.17) is 0 Å². The van der Waals surface area contributed by atoms with Crippen molar-refractivity contribution in [3.63, 3.8) is 0 Å². The molecule has 0 aliphatic rings. The molecule has 0 bridgehead atoms. The Labute approximate surface area is 184 Å². The first-order valence-corrected chi connectivity index (χ1v) is 10.4. The molecule has 1 N–H and O–H groups in total. The Kier molecular flexibility index (Phi) is 7.24. The lowest BCUT2D eigenvalue weighted by Crippen LogP contribution is -2.21. The standard InChI is InChI=1S/C27H27N3O/c1-20(2)25-16-10-11-21(3)26(25)29-27(31)23(17-28)19-30(24-14-8-5-9-15-24)18-22-12-6-4-7-13-22/h4-16,19-20H,18H2,1-3H3,(H,29,31)/b23-19-. The summed E-state index contributed by atoms with van der Waals surface area (Å²) in [4.78, 5) is 15.0. The highest BCUT2D eigenvalue weighted by atomic mass is 16.1. The van der Waals surface area contributed by atoms with Crippen LogP contribution in [0, 0.1) is 18.3 Å². The van der Waals surface area contributed by atoms with Gasteiger partial charge in [-0.2, -0.15) is 5.26 Å². The summed E-state index contributed by atoms with van der Waals surface area (Å²) in [6, 6.07) is 27.8. The van der Waals surface area contributed by atoms with Gasteiger partial charge in [-0.25, -0.2) is 0 Å². The summed E-state index contributed by atoms with van der Waals surface area (Å²) < 4.78 is 0. The van der Waals surface area contributed by atoms with Gasteiger partial charge in [-0.15, -0.1) is 0 Å². The summed E-state index contributed by atoms with van der Waals surface area (Å²) in [6.45, 7) is 6.68. The van der Waals surface area contributed by atoms with Crippen LogP contribution in [-0.2, 0) is 11.3 Å². The Bertz CT molecular complexity index is 1100. The number of nitrogens with zero attached hydrogens (tertiary/aromatic N) is 2. The second kappa shape index (κ2) is 10.3. The molecule has 4 nitrogen and oxygen atoms in total. The molecule has 0 aromatic heterocycles. The summed E-state index contributed by atoms with van der Waals surface area (Å²) in [5.41, 5.74) is 4.85. The second-order valence-electron chi connectivity index (χ2n) is 7.75. The largest absolute Gasteiger partial charge is 0.342 e. The zero-order valence-electron chi connectivity index (χ0n) is 18.2. The molecule has 0 unspecified atom stereocenters. The number of amides is 1. The predicted molar refractivity (Wildman–Crippen MR) is 127 cm³/mol. The van der Waals surface area contributed by atoms with Crippen LogP contribution in [0.5, 0.6) is 0 Å². The Hall–Kier alpha value is -3.84. The molecular formula is C27H27N3O.